The van der Waals surface area contributed by atoms with Crippen LogP contribution < -0.4 is 5.48 Å². The number of pyridine rings is 1. The van der Waals surface area contributed by atoms with Crippen LogP contribution in [0.5, 0.6) is 0 Å². The molecule has 1 N–H and O–H groups in total. The van der Waals surface area contributed by atoms with E-state index in [4.69, 9.17) is 4.84 Å². The summed E-state index contributed by atoms with van der Waals surface area (Å²) in [6.45, 7) is 0.735. The summed E-state index contributed by atoms with van der Waals surface area (Å²) in [6, 6.07) is 1.91. The molecule has 0 saturated carbocycles. The monoisotopic (exact) mass is 136 g/mol. The molecule has 1 aliphatic rings. The van der Waals surface area contributed by atoms with Crippen molar-refractivity contribution < 1.29 is 4.84 Å². The minimum absolute atomic E-state index is 0.735. The van der Waals surface area contributed by atoms with Crippen molar-refractivity contribution in [2.75, 3.05) is 12.1 Å². The summed E-state index contributed by atoms with van der Waals surface area (Å²) in [5.41, 5.74) is 5.10. The van der Waals surface area contributed by atoms with Gasteiger partial charge in [0.2, 0.25) is 0 Å². The fourth-order valence-electron chi connectivity index (χ4n) is 1.02. The molecule has 0 aromatic carbocycles. The van der Waals surface area contributed by atoms with Crippen molar-refractivity contribution in [3.8, 4) is 0 Å². The molecule has 3 nitrogen and oxygen atoms in total. The molecule has 52 valence electrons. The maximum absolute atomic E-state index is 5.02. The van der Waals surface area contributed by atoms with Gasteiger partial charge in [-0.05, 0) is 11.6 Å². The molecule has 0 spiro atoms. The molecule has 1 aliphatic heterocycles. The van der Waals surface area contributed by atoms with E-state index in [0.29, 0.717) is 0 Å². The maximum Gasteiger partial charge on any atom is 0.0787 e. The third-order valence-electron chi connectivity index (χ3n) is 1.56. The van der Waals surface area contributed by atoms with Crippen molar-refractivity contribution in [1.29, 1.82) is 0 Å². The lowest BCUT2D eigenvalue weighted by atomic mass is 10.2. The molecule has 2 rings (SSSR count). The molecule has 1 aromatic rings. The first-order chi connectivity index (χ1) is 4.97. The van der Waals surface area contributed by atoms with Crippen molar-refractivity contribution in [2.24, 2.45) is 0 Å². The van der Waals surface area contributed by atoms with Crippen molar-refractivity contribution in [1.82, 2.24) is 4.98 Å². The van der Waals surface area contributed by atoms with Crippen molar-refractivity contribution in [3.05, 3.63) is 24.0 Å². The number of hydrogen-bond acceptors (Lipinski definition) is 3. The minimum Gasteiger partial charge on any atom is -0.276 e. The van der Waals surface area contributed by atoms with Crippen LogP contribution in [0, 0.1) is 0 Å². The second-order valence-corrected chi connectivity index (χ2v) is 2.23. The third kappa shape index (κ3) is 0.844. The van der Waals surface area contributed by atoms with Crippen molar-refractivity contribution in [2.45, 2.75) is 6.42 Å². The number of aromatic nitrogens is 1. The zero-order valence-corrected chi connectivity index (χ0v) is 5.50. The second kappa shape index (κ2) is 2.27. The largest absolute Gasteiger partial charge is 0.276 e. The fraction of sp³-hybridized carbons (Fsp3) is 0.286. The van der Waals surface area contributed by atoms with Crippen molar-refractivity contribution >= 4 is 5.69 Å². The number of hydrogen-bond donors (Lipinski definition) is 1. The van der Waals surface area contributed by atoms with Gasteiger partial charge in [-0.3, -0.25) is 15.3 Å². The molecule has 0 fully saturated rings. The molecule has 0 unspecified atom stereocenters. The maximum atomic E-state index is 5.02. The van der Waals surface area contributed by atoms with Crippen LogP contribution in [0.2, 0.25) is 0 Å². The summed E-state index contributed by atoms with van der Waals surface area (Å²) in [6.07, 6.45) is 4.57. The molecule has 0 saturated heterocycles. The normalized spacial score (nSPS) is 15.6. The van der Waals surface area contributed by atoms with Gasteiger partial charge in [-0.1, -0.05) is 0 Å². The molecule has 1 aromatic heterocycles. The molecular weight excluding hydrogens is 128 g/mol. The van der Waals surface area contributed by atoms with E-state index in [1.807, 2.05) is 12.3 Å². The number of rotatable bonds is 0. The van der Waals surface area contributed by atoms with Gasteiger partial charge in [0.15, 0.2) is 0 Å². The number of nitrogens with zero attached hydrogens (tertiary/aromatic N) is 1. The lowest BCUT2D eigenvalue weighted by molar-refractivity contribution is 0.187. The van der Waals surface area contributed by atoms with Gasteiger partial charge < -0.3 is 0 Å². The number of nitrogens with one attached hydrogen (secondary N) is 1. The van der Waals surface area contributed by atoms with Gasteiger partial charge in [0.25, 0.3) is 0 Å². The quantitative estimate of drug-likeness (QED) is 0.577. The van der Waals surface area contributed by atoms with Crippen LogP contribution in [-0.2, 0) is 11.3 Å². The SMILES string of the molecule is c1cc2c(cn1)CCON2. The molecule has 2 heterocycles. The van der Waals surface area contributed by atoms with Crippen LogP contribution in [0.15, 0.2) is 18.5 Å². The Hall–Kier alpha value is -1.09. The van der Waals surface area contributed by atoms with E-state index in [1.165, 1.54) is 5.56 Å². The van der Waals surface area contributed by atoms with E-state index < -0.39 is 0 Å². The Morgan fingerprint density at radius 2 is 2.60 bits per heavy atom. The Kier molecular flexibility index (Phi) is 1.29. The van der Waals surface area contributed by atoms with Gasteiger partial charge in [0.05, 0.1) is 12.3 Å². The second-order valence-electron chi connectivity index (χ2n) is 2.23. The Balaban J connectivity index is 2.41. The molecule has 0 radical (unpaired) electrons. The predicted molar refractivity (Wildman–Crippen MR) is 37.5 cm³/mol. The highest BCUT2D eigenvalue weighted by molar-refractivity contribution is 5.48. The van der Waals surface area contributed by atoms with Gasteiger partial charge >= 0.3 is 0 Å². The molecular formula is C7H8N2O. The standard InChI is InChI=1S/C7H8N2O/c1-3-8-5-6-2-4-10-9-7(1)6/h1,3,5,9H,2,4H2. The first-order valence-electron chi connectivity index (χ1n) is 3.27. The summed E-state index contributed by atoms with van der Waals surface area (Å²) < 4.78 is 0. The van der Waals surface area contributed by atoms with Gasteiger partial charge in [-0.15, -0.1) is 0 Å². The van der Waals surface area contributed by atoms with Crippen LogP contribution in [0.25, 0.3) is 0 Å². The highest BCUT2D eigenvalue weighted by Crippen LogP contribution is 2.17. The zero-order valence-electron chi connectivity index (χ0n) is 5.50. The lowest BCUT2D eigenvalue weighted by Crippen LogP contribution is -2.13. The predicted octanol–water partition coefficient (Wildman–Crippen LogP) is 0.981. The van der Waals surface area contributed by atoms with Gasteiger partial charge in [-0.2, -0.15) is 0 Å². The molecule has 0 bridgehead atoms. The average Bonchev–Trinajstić information content (AvgIpc) is 2.05. The molecule has 0 atom stereocenters. The van der Waals surface area contributed by atoms with Crippen LogP contribution in [0.1, 0.15) is 5.56 Å². The first-order valence-corrected chi connectivity index (χ1v) is 3.27. The molecule has 3 heteroatoms. The van der Waals surface area contributed by atoms with E-state index in [2.05, 4.69) is 10.5 Å². The summed E-state index contributed by atoms with van der Waals surface area (Å²) in [4.78, 5) is 9.02. The summed E-state index contributed by atoms with van der Waals surface area (Å²) >= 11 is 0. The highest BCUT2D eigenvalue weighted by Gasteiger charge is 2.06. The minimum atomic E-state index is 0.735. The van der Waals surface area contributed by atoms with E-state index in [0.717, 1.165) is 18.7 Å². The lowest BCUT2D eigenvalue weighted by Gasteiger charge is -2.15. The number of fused-ring (bicyclic) bond motifs is 1. The molecule has 10 heavy (non-hydrogen) atoms. The molecule has 0 aliphatic carbocycles. The first kappa shape index (κ1) is 5.68. The summed E-state index contributed by atoms with van der Waals surface area (Å²) in [5.74, 6) is 0. The third-order valence-corrected chi connectivity index (χ3v) is 1.56. The van der Waals surface area contributed by atoms with Crippen LogP contribution in [-0.4, -0.2) is 11.6 Å². The zero-order chi connectivity index (χ0) is 6.81. The van der Waals surface area contributed by atoms with Gasteiger partial charge in [-0.25, -0.2) is 0 Å². The van der Waals surface area contributed by atoms with E-state index in [9.17, 15) is 0 Å². The van der Waals surface area contributed by atoms with E-state index >= 15 is 0 Å². The highest BCUT2D eigenvalue weighted by atomic mass is 16.6. The summed E-state index contributed by atoms with van der Waals surface area (Å²) in [5, 5.41) is 0. The Bertz CT molecular complexity index is 212. The smallest absolute Gasteiger partial charge is 0.0787 e. The van der Waals surface area contributed by atoms with Gasteiger partial charge in [0, 0.05) is 18.8 Å². The Morgan fingerprint density at radius 3 is 3.50 bits per heavy atom. The van der Waals surface area contributed by atoms with Crippen LogP contribution in [0.4, 0.5) is 5.69 Å². The average molecular weight is 136 g/mol. The summed E-state index contributed by atoms with van der Waals surface area (Å²) in [7, 11) is 0. The van der Waals surface area contributed by atoms with E-state index in [1.54, 1.807) is 6.20 Å². The Labute approximate surface area is 59.0 Å². The Morgan fingerprint density at radius 1 is 1.60 bits per heavy atom. The van der Waals surface area contributed by atoms with Crippen LogP contribution in [0.3, 0.4) is 0 Å². The van der Waals surface area contributed by atoms with Crippen molar-refractivity contribution in [3.63, 3.8) is 0 Å². The fourth-order valence-corrected chi connectivity index (χ4v) is 1.02. The van der Waals surface area contributed by atoms with Gasteiger partial charge in [0.1, 0.15) is 0 Å². The van der Waals surface area contributed by atoms with Crippen LogP contribution >= 0.6 is 0 Å². The number of anilines is 1. The van der Waals surface area contributed by atoms with E-state index in [-0.39, 0.29) is 0 Å². The topological polar surface area (TPSA) is 34.1 Å². The molecule has 0 amide bonds.